The van der Waals surface area contributed by atoms with Crippen molar-refractivity contribution in [3.05, 3.63) is 188 Å². The zero-order valence-electron chi connectivity index (χ0n) is 32.5. The van der Waals surface area contributed by atoms with Crippen LogP contribution in [-0.4, -0.2) is 14.1 Å². The van der Waals surface area contributed by atoms with Crippen LogP contribution in [0.3, 0.4) is 0 Å². The first-order chi connectivity index (χ1) is 30.3. The Morgan fingerprint density at radius 1 is 0.443 bits per heavy atom. The number of thiophene rings is 1. The largest absolute Gasteiger partial charge is 0.456 e. The lowest BCUT2D eigenvalue weighted by atomic mass is 9.94. The predicted molar refractivity (Wildman–Crippen MR) is 254 cm³/mol. The highest BCUT2D eigenvalue weighted by Crippen LogP contribution is 2.48. The van der Waals surface area contributed by atoms with Crippen LogP contribution in [0.25, 0.3) is 131 Å². The van der Waals surface area contributed by atoms with Crippen molar-refractivity contribution in [3.8, 4) is 33.9 Å². The number of benzene rings is 9. The van der Waals surface area contributed by atoms with E-state index >= 15 is 0 Å². The van der Waals surface area contributed by atoms with Gasteiger partial charge in [-0.05, 0) is 78.4 Å². The van der Waals surface area contributed by atoms with Crippen LogP contribution in [0.15, 0.2) is 197 Å². The van der Waals surface area contributed by atoms with Crippen molar-refractivity contribution >= 4 is 108 Å². The molecule has 0 spiro atoms. The first-order valence-corrected chi connectivity index (χ1v) is 21.4. The molecule has 9 aromatic carbocycles. The van der Waals surface area contributed by atoms with Crippen LogP contribution in [0, 0.1) is 0 Å². The summed E-state index contributed by atoms with van der Waals surface area (Å²) in [4.78, 5) is 5.38. The van der Waals surface area contributed by atoms with Crippen LogP contribution in [0.1, 0.15) is 0 Å². The van der Waals surface area contributed by atoms with E-state index in [-0.39, 0.29) is 0 Å². The Hall–Kier alpha value is -7.93. The van der Waals surface area contributed by atoms with E-state index in [2.05, 4.69) is 185 Å². The molecule has 284 valence electrons. The average molecular weight is 798 g/mol. The molecule has 5 aromatic heterocycles. The Balaban J connectivity index is 1.12. The zero-order valence-corrected chi connectivity index (χ0v) is 33.3. The fraction of sp³-hybridized carbons (Fsp3) is 0. The van der Waals surface area contributed by atoms with Crippen molar-refractivity contribution in [3.63, 3.8) is 0 Å². The molecule has 0 N–H and O–H groups in total. The smallest absolute Gasteiger partial charge is 0.159 e. The topological polar surface area (TPSA) is 49.0 Å². The second kappa shape index (κ2) is 12.3. The molecular formula is C55H31N3O2S. The number of rotatable bonds is 4. The highest BCUT2D eigenvalue weighted by molar-refractivity contribution is 7.26. The number of hydrogen-bond donors (Lipinski definition) is 0. The number of furan rings is 2. The summed E-state index contributed by atoms with van der Waals surface area (Å²) < 4.78 is 21.1. The number of hydrogen-bond acceptors (Lipinski definition) is 4. The number of aromatic nitrogens is 3. The maximum atomic E-state index is 7.45. The Morgan fingerprint density at radius 3 is 2.07 bits per heavy atom. The Bertz CT molecular complexity index is 4120. The molecule has 0 aliphatic carbocycles. The van der Waals surface area contributed by atoms with Crippen molar-refractivity contribution in [1.82, 2.24) is 14.1 Å². The van der Waals surface area contributed by atoms with Gasteiger partial charge in [0.2, 0.25) is 0 Å². The van der Waals surface area contributed by atoms with Crippen molar-refractivity contribution in [2.24, 2.45) is 0 Å². The molecule has 0 bridgehead atoms. The van der Waals surface area contributed by atoms with Crippen LogP contribution in [0.5, 0.6) is 0 Å². The zero-order chi connectivity index (χ0) is 39.8. The van der Waals surface area contributed by atoms with Gasteiger partial charge in [0, 0.05) is 64.6 Å². The summed E-state index contributed by atoms with van der Waals surface area (Å²) >= 11 is 1.86. The summed E-state index contributed by atoms with van der Waals surface area (Å²) in [6.45, 7) is 0. The lowest BCUT2D eigenvalue weighted by Crippen LogP contribution is -1.99. The molecule has 6 heteroatoms. The molecular weight excluding hydrogens is 767 g/mol. The molecule has 5 nitrogen and oxygen atoms in total. The molecule has 0 fully saturated rings. The van der Waals surface area contributed by atoms with Gasteiger partial charge in [-0.15, -0.1) is 11.3 Å². The van der Waals surface area contributed by atoms with Crippen LogP contribution >= 0.6 is 11.3 Å². The predicted octanol–water partition coefficient (Wildman–Crippen LogP) is 15.6. The Kier molecular flexibility index (Phi) is 6.65. The summed E-state index contributed by atoms with van der Waals surface area (Å²) in [5, 5.41) is 9.23. The number of para-hydroxylation sites is 6. The van der Waals surface area contributed by atoms with E-state index in [1.807, 2.05) is 23.5 Å². The van der Waals surface area contributed by atoms with Gasteiger partial charge in [-0.25, -0.2) is 4.98 Å². The summed E-state index contributed by atoms with van der Waals surface area (Å²) in [6.07, 6.45) is 0. The van der Waals surface area contributed by atoms with Gasteiger partial charge < -0.3 is 13.4 Å². The van der Waals surface area contributed by atoms with Crippen molar-refractivity contribution in [1.29, 1.82) is 0 Å². The number of nitrogens with zero attached hydrogens (tertiary/aromatic N) is 3. The summed E-state index contributed by atoms with van der Waals surface area (Å²) in [6, 6.07) is 66.8. The van der Waals surface area contributed by atoms with Gasteiger partial charge in [0.05, 0.1) is 32.5 Å². The second-order valence-electron chi connectivity index (χ2n) is 15.8. The van der Waals surface area contributed by atoms with Crippen LogP contribution in [0.2, 0.25) is 0 Å². The molecule has 0 saturated heterocycles. The minimum absolute atomic E-state index is 0.812. The Labute approximate surface area is 351 Å². The third-order valence-corrected chi connectivity index (χ3v) is 13.7. The van der Waals surface area contributed by atoms with Crippen molar-refractivity contribution in [2.75, 3.05) is 0 Å². The first kappa shape index (κ1) is 33.0. The summed E-state index contributed by atoms with van der Waals surface area (Å²) in [7, 11) is 0. The minimum Gasteiger partial charge on any atom is -0.456 e. The first-order valence-electron chi connectivity index (χ1n) is 20.5. The summed E-state index contributed by atoms with van der Waals surface area (Å²) in [5.74, 6) is 0.844. The molecule has 14 aromatic rings. The second-order valence-corrected chi connectivity index (χ2v) is 16.9. The SMILES string of the molecule is c1ccc(-n2c(-c3ccc4c(oc5c(-n6c7ccccc7c7ccc8c9ccccc9sc8c76)cccc54)c3-c3ccc4oc5ccccc5c4c3)nc3ccccc32)cc1. The maximum absolute atomic E-state index is 7.45. The van der Waals surface area contributed by atoms with Crippen molar-refractivity contribution < 1.29 is 8.83 Å². The van der Waals surface area contributed by atoms with Crippen LogP contribution in [-0.2, 0) is 0 Å². The fourth-order valence-electron chi connectivity index (χ4n) is 9.90. The van der Waals surface area contributed by atoms with E-state index in [1.54, 1.807) is 0 Å². The van der Waals surface area contributed by atoms with E-state index in [9.17, 15) is 0 Å². The molecule has 0 amide bonds. The van der Waals surface area contributed by atoms with Crippen molar-refractivity contribution in [2.45, 2.75) is 0 Å². The molecule has 0 aliphatic heterocycles. The van der Waals surface area contributed by atoms with Gasteiger partial charge in [-0.3, -0.25) is 4.57 Å². The molecule has 0 aliphatic rings. The van der Waals surface area contributed by atoms with Gasteiger partial charge >= 0.3 is 0 Å². The molecule has 0 unspecified atom stereocenters. The van der Waals surface area contributed by atoms with Gasteiger partial charge in [0.25, 0.3) is 0 Å². The monoisotopic (exact) mass is 797 g/mol. The third kappa shape index (κ3) is 4.57. The van der Waals surface area contributed by atoms with E-state index < -0.39 is 0 Å². The summed E-state index contributed by atoms with van der Waals surface area (Å²) in [5.41, 5.74) is 12.7. The lowest BCUT2D eigenvalue weighted by molar-refractivity contribution is 0.667. The normalized spacial score (nSPS) is 12.3. The quantitative estimate of drug-likeness (QED) is 0.178. The standard InChI is InChI=1S/C55H31N3O2S/c1-2-13-33(14-3-1)57-45-21-9-7-19-43(45)56-55(57)41-29-27-39-38-18-12-22-46(52(38)60-53(39)50(41)32-25-30-48-42(31-32)35-16-5-10-23-47(35)59-48)58-44-20-8-4-15-34(44)37-26-28-40-36-17-6-11-24-49(36)61-54(40)51(37)58/h1-31H. The van der Waals surface area contributed by atoms with Gasteiger partial charge in [-0.2, -0.15) is 0 Å². The molecule has 61 heavy (non-hydrogen) atoms. The molecule has 0 atom stereocenters. The molecule has 0 radical (unpaired) electrons. The Morgan fingerprint density at radius 2 is 1.15 bits per heavy atom. The number of imidazole rings is 1. The molecule has 0 saturated carbocycles. The fourth-order valence-corrected chi connectivity index (χ4v) is 11.1. The minimum atomic E-state index is 0.812. The average Bonchev–Trinajstić information content (AvgIpc) is 4.14. The van der Waals surface area contributed by atoms with Crippen LogP contribution in [0.4, 0.5) is 0 Å². The van der Waals surface area contributed by atoms with E-state index in [0.29, 0.717) is 0 Å². The number of fused-ring (bicyclic) bond motifs is 14. The highest BCUT2D eigenvalue weighted by atomic mass is 32.1. The van der Waals surface area contributed by atoms with E-state index in [1.165, 1.54) is 36.5 Å². The molecule has 14 rings (SSSR count). The highest BCUT2D eigenvalue weighted by Gasteiger charge is 2.26. The van der Waals surface area contributed by atoms with Gasteiger partial charge in [-0.1, -0.05) is 115 Å². The van der Waals surface area contributed by atoms with E-state index in [0.717, 1.165) is 94.3 Å². The molecule has 5 heterocycles. The maximum Gasteiger partial charge on any atom is 0.159 e. The third-order valence-electron chi connectivity index (χ3n) is 12.5. The lowest BCUT2D eigenvalue weighted by Gasteiger charge is -2.14. The van der Waals surface area contributed by atoms with Gasteiger partial charge in [0.15, 0.2) is 5.58 Å². The van der Waals surface area contributed by atoms with Crippen LogP contribution < -0.4 is 0 Å². The van der Waals surface area contributed by atoms with E-state index in [4.69, 9.17) is 13.8 Å². The van der Waals surface area contributed by atoms with Gasteiger partial charge in [0.1, 0.15) is 22.6 Å².